The van der Waals surface area contributed by atoms with Crippen molar-refractivity contribution in [3.63, 3.8) is 0 Å². The lowest BCUT2D eigenvalue weighted by atomic mass is 9.99. The third-order valence-corrected chi connectivity index (χ3v) is 7.73. The van der Waals surface area contributed by atoms with E-state index in [-0.39, 0.29) is 11.8 Å². The highest BCUT2D eigenvalue weighted by atomic mass is 32.1. The standard InChI is InChI=1S/C21H24N4O2S/c26-20(16-12-27-18-4-2-1-3-15(16)18)24-8-7-17-19(11-24)28-21(23-17)25-13-5-6-14(25)10-22-9-13/h1-4,13-14,16,22H,5-12H2. The lowest BCUT2D eigenvalue weighted by Crippen LogP contribution is -2.51. The predicted molar refractivity (Wildman–Crippen MR) is 108 cm³/mol. The summed E-state index contributed by atoms with van der Waals surface area (Å²) in [6.45, 7) is 4.02. The van der Waals surface area contributed by atoms with E-state index in [2.05, 4.69) is 10.2 Å². The van der Waals surface area contributed by atoms with E-state index in [9.17, 15) is 4.79 Å². The number of rotatable bonds is 2. The molecular formula is C21H24N4O2S. The largest absolute Gasteiger partial charge is 0.492 e. The molecular weight excluding hydrogens is 372 g/mol. The van der Waals surface area contributed by atoms with Crippen LogP contribution in [0.5, 0.6) is 5.75 Å². The van der Waals surface area contributed by atoms with E-state index >= 15 is 0 Å². The summed E-state index contributed by atoms with van der Waals surface area (Å²) in [6, 6.07) is 9.08. The van der Waals surface area contributed by atoms with Crippen molar-refractivity contribution in [3.05, 3.63) is 40.4 Å². The zero-order chi connectivity index (χ0) is 18.7. The molecule has 1 amide bonds. The Kier molecular flexibility index (Phi) is 3.87. The van der Waals surface area contributed by atoms with Gasteiger partial charge in [-0.1, -0.05) is 29.5 Å². The Labute approximate surface area is 168 Å². The maximum Gasteiger partial charge on any atom is 0.234 e. The van der Waals surface area contributed by atoms with Crippen molar-refractivity contribution in [2.45, 2.75) is 43.8 Å². The van der Waals surface area contributed by atoms with Gasteiger partial charge in [-0.3, -0.25) is 4.79 Å². The Bertz CT molecular complexity index is 913. The zero-order valence-corrected chi connectivity index (χ0v) is 16.6. The number of aromatic nitrogens is 1. The number of nitrogens with zero attached hydrogens (tertiary/aromatic N) is 3. The fourth-order valence-corrected chi connectivity index (χ4v) is 6.42. The molecule has 2 fully saturated rings. The Morgan fingerprint density at radius 2 is 2.04 bits per heavy atom. The molecule has 6 rings (SSSR count). The molecule has 3 unspecified atom stereocenters. The van der Waals surface area contributed by atoms with E-state index in [1.54, 1.807) is 11.3 Å². The van der Waals surface area contributed by atoms with Gasteiger partial charge in [0, 0.05) is 48.6 Å². The van der Waals surface area contributed by atoms with Crippen molar-refractivity contribution < 1.29 is 9.53 Å². The maximum absolute atomic E-state index is 13.2. The number of ether oxygens (including phenoxy) is 1. The minimum Gasteiger partial charge on any atom is -0.492 e. The molecule has 0 spiro atoms. The number of amides is 1. The van der Waals surface area contributed by atoms with Gasteiger partial charge >= 0.3 is 0 Å². The van der Waals surface area contributed by atoms with Gasteiger partial charge in [-0.15, -0.1) is 0 Å². The molecule has 28 heavy (non-hydrogen) atoms. The number of anilines is 1. The van der Waals surface area contributed by atoms with E-state index in [0.717, 1.165) is 37.4 Å². The third-order valence-electron chi connectivity index (χ3n) is 6.63. The number of hydrogen-bond donors (Lipinski definition) is 1. The van der Waals surface area contributed by atoms with Crippen LogP contribution in [0.3, 0.4) is 0 Å². The summed E-state index contributed by atoms with van der Waals surface area (Å²) in [5.41, 5.74) is 2.23. The summed E-state index contributed by atoms with van der Waals surface area (Å²) >= 11 is 1.80. The van der Waals surface area contributed by atoms with E-state index in [1.807, 2.05) is 29.2 Å². The number of thiazole rings is 1. The highest BCUT2D eigenvalue weighted by Gasteiger charge is 2.40. The summed E-state index contributed by atoms with van der Waals surface area (Å²) in [4.78, 5) is 24.0. The first-order valence-corrected chi connectivity index (χ1v) is 11.1. The Morgan fingerprint density at radius 3 is 2.89 bits per heavy atom. The van der Waals surface area contributed by atoms with Crippen LogP contribution >= 0.6 is 11.3 Å². The average molecular weight is 397 g/mol. The Hall–Kier alpha value is -2.12. The van der Waals surface area contributed by atoms with Gasteiger partial charge < -0.3 is 19.9 Å². The zero-order valence-electron chi connectivity index (χ0n) is 15.8. The van der Waals surface area contributed by atoms with Gasteiger partial charge in [0.15, 0.2) is 5.13 Å². The highest BCUT2D eigenvalue weighted by Crippen LogP contribution is 2.39. The molecule has 4 aliphatic rings. The number of fused-ring (bicyclic) bond motifs is 4. The molecule has 6 nitrogen and oxygen atoms in total. The van der Waals surface area contributed by atoms with Gasteiger partial charge in [-0.25, -0.2) is 4.98 Å². The number of hydrogen-bond acceptors (Lipinski definition) is 6. The van der Waals surface area contributed by atoms with Crippen molar-refractivity contribution in [1.29, 1.82) is 0 Å². The van der Waals surface area contributed by atoms with Gasteiger partial charge in [0.1, 0.15) is 18.3 Å². The topological polar surface area (TPSA) is 57.7 Å². The third kappa shape index (κ3) is 2.56. The molecule has 146 valence electrons. The van der Waals surface area contributed by atoms with Crippen molar-refractivity contribution in [3.8, 4) is 5.75 Å². The maximum atomic E-state index is 13.2. The molecule has 4 aliphatic heterocycles. The second-order valence-corrected chi connectivity index (χ2v) is 9.29. The molecule has 2 aromatic rings. The first kappa shape index (κ1) is 16.8. The molecule has 1 N–H and O–H groups in total. The minimum absolute atomic E-state index is 0.172. The van der Waals surface area contributed by atoms with E-state index in [4.69, 9.17) is 9.72 Å². The van der Waals surface area contributed by atoms with Gasteiger partial charge in [0.25, 0.3) is 0 Å². The van der Waals surface area contributed by atoms with Crippen LogP contribution in [0.25, 0.3) is 0 Å². The smallest absolute Gasteiger partial charge is 0.234 e. The van der Waals surface area contributed by atoms with Crippen molar-refractivity contribution in [2.24, 2.45) is 0 Å². The van der Waals surface area contributed by atoms with Crippen LogP contribution in [0, 0.1) is 0 Å². The number of carbonyl (C=O) groups excluding carboxylic acids is 1. The molecule has 0 aliphatic carbocycles. The fourth-order valence-electron chi connectivity index (χ4n) is 5.16. The first-order valence-electron chi connectivity index (χ1n) is 10.3. The number of para-hydroxylation sites is 1. The lowest BCUT2D eigenvalue weighted by molar-refractivity contribution is -0.133. The molecule has 0 saturated carbocycles. The van der Waals surface area contributed by atoms with Crippen LogP contribution in [0.4, 0.5) is 5.13 Å². The second-order valence-electron chi connectivity index (χ2n) is 8.23. The minimum atomic E-state index is -0.172. The Morgan fingerprint density at radius 1 is 1.21 bits per heavy atom. The number of benzene rings is 1. The van der Waals surface area contributed by atoms with E-state index in [1.165, 1.54) is 28.5 Å². The van der Waals surface area contributed by atoms with Crippen LogP contribution in [-0.2, 0) is 17.8 Å². The Balaban J connectivity index is 1.22. The molecule has 2 bridgehead atoms. The van der Waals surface area contributed by atoms with E-state index < -0.39 is 0 Å². The van der Waals surface area contributed by atoms with Crippen LogP contribution in [-0.4, -0.2) is 54.1 Å². The summed E-state index contributed by atoms with van der Waals surface area (Å²) < 4.78 is 5.74. The van der Waals surface area contributed by atoms with Crippen LogP contribution in [0.1, 0.15) is 34.9 Å². The van der Waals surface area contributed by atoms with Crippen LogP contribution in [0.15, 0.2) is 24.3 Å². The van der Waals surface area contributed by atoms with Gasteiger partial charge in [-0.05, 0) is 18.9 Å². The summed E-state index contributed by atoms with van der Waals surface area (Å²) in [6.07, 6.45) is 3.37. The van der Waals surface area contributed by atoms with Gasteiger partial charge in [0.05, 0.1) is 12.2 Å². The molecule has 7 heteroatoms. The predicted octanol–water partition coefficient (Wildman–Crippen LogP) is 2.14. The van der Waals surface area contributed by atoms with Crippen molar-refractivity contribution in [1.82, 2.24) is 15.2 Å². The average Bonchev–Trinajstić information content (AvgIpc) is 3.40. The normalized spacial score (nSPS) is 28.1. The monoisotopic (exact) mass is 396 g/mol. The van der Waals surface area contributed by atoms with Gasteiger partial charge in [0.2, 0.25) is 5.91 Å². The van der Waals surface area contributed by atoms with Crippen LogP contribution in [0.2, 0.25) is 0 Å². The first-order chi connectivity index (χ1) is 13.8. The number of piperazine rings is 1. The second kappa shape index (κ2) is 6.46. The highest BCUT2D eigenvalue weighted by molar-refractivity contribution is 7.15. The number of nitrogens with one attached hydrogen (secondary N) is 1. The van der Waals surface area contributed by atoms with Crippen LogP contribution < -0.4 is 15.0 Å². The molecule has 5 heterocycles. The van der Waals surface area contributed by atoms with Crippen molar-refractivity contribution >= 4 is 22.4 Å². The number of carbonyl (C=O) groups is 1. The molecule has 1 aromatic heterocycles. The fraction of sp³-hybridized carbons (Fsp3) is 0.524. The molecule has 2 saturated heterocycles. The SMILES string of the molecule is O=C(C1COc2ccccc21)N1CCc2nc(N3C4CCC3CNC4)sc2C1. The van der Waals surface area contributed by atoms with Gasteiger partial charge in [-0.2, -0.15) is 0 Å². The molecule has 1 aromatic carbocycles. The summed E-state index contributed by atoms with van der Waals surface area (Å²) in [7, 11) is 0. The quantitative estimate of drug-likeness (QED) is 0.843. The summed E-state index contributed by atoms with van der Waals surface area (Å²) in [5, 5.41) is 4.71. The van der Waals surface area contributed by atoms with E-state index in [0.29, 0.717) is 25.2 Å². The summed E-state index contributed by atoms with van der Waals surface area (Å²) in [5.74, 6) is 0.870. The molecule has 3 atom stereocenters. The lowest BCUT2D eigenvalue weighted by Gasteiger charge is -2.35. The van der Waals surface area contributed by atoms with Crippen molar-refractivity contribution in [2.75, 3.05) is 31.1 Å². The molecule has 0 radical (unpaired) electrons.